The Kier molecular flexibility index (Phi) is 6.54. The van der Waals surface area contributed by atoms with Crippen LogP contribution < -0.4 is 10.2 Å². The first kappa shape index (κ1) is 23.4. The zero-order valence-corrected chi connectivity index (χ0v) is 19.4. The molecule has 1 saturated carbocycles. The SMILES string of the molecule is CC1(C(=O)NC2CCCCC2)CN(S(=O)(=O)c2ccccc2)CC(=O)N1c1ccc(F)cc1. The number of hydrogen-bond donors (Lipinski definition) is 1. The highest BCUT2D eigenvalue weighted by Gasteiger charge is 2.51. The first-order valence-electron chi connectivity index (χ1n) is 11.2. The van der Waals surface area contributed by atoms with Gasteiger partial charge in [0.15, 0.2) is 0 Å². The van der Waals surface area contributed by atoms with Crippen molar-refractivity contribution in [2.24, 2.45) is 0 Å². The van der Waals surface area contributed by atoms with E-state index in [1.807, 2.05) is 0 Å². The van der Waals surface area contributed by atoms with Crippen molar-refractivity contribution in [1.29, 1.82) is 0 Å². The van der Waals surface area contributed by atoms with Gasteiger partial charge in [-0.1, -0.05) is 37.5 Å². The predicted octanol–water partition coefficient (Wildman–Crippen LogP) is 3.07. The van der Waals surface area contributed by atoms with Crippen LogP contribution in [0.2, 0.25) is 0 Å². The summed E-state index contributed by atoms with van der Waals surface area (Å²) in [5, 5.41) is 3.04. The third-order valence-electron chi connectivity index (χ3n) is 6.43. The van der Waals surface area contributed by atoms with Crippen molar-refractivity contribution in [2.45, 2.75) is 55.5 Å². The third kappa shape index (κ3) is 4.65. The molecule has 2 aromatic carbocycles. The van der Waals surface area contributed by atoms with Crippen LogP contribution in [0.25, 0.3) is 0 Å². The summed E-state index contributed by atoms with van der Waals surface area (Å²) in [5.74, 6) is -1.43. The Morgan fingerprint density at radius 3 is 2.30 bits per heavy atom. The van der Waals surface area contributed by atoms with Gasteiger partial charge in [0.2, 0.25) is 21.8 Å². The molecule has 1 saturated heterocycles. The van der Waals surface area contributed by atoms with Crippen molar-refractivity contribution in [3.63, 3.8) is 0 Å². The number of halogens is 1. The van der Waals surface area contributed by atoms with Crippen LogP contribution in [0.5, 0.6) is 0 Å². The second-order valence-electron chi connectivity index (χ2n) is 8.87. The Labute approximate surface area is 193 Å². The summed E-state index contributed by atoms with van der Waals surface area (Å²) in [6, 6.07) is 13.1. The number of nitrogens with zero attached hydrogens (tertiary/aromatic N) is 2. The third-order valence-corrected chi connectivity index (χ3v) is 8.24. The Morgan fingerprint density at radius 1 is 1.03 bits per heavy atom. The minimum absolute atomic E-state index is 0.0191. The van der Waals surface area contributed by atoms with Crippen molar-refractivity contribution in [3.05, 3.63) is 60.4 Å². The van der Waals surface area contributed by atoms with E-state index in [1.165, 1.54) is 41.3 Å². The maximum Gasteiger partial charge on any atom is 0.247 e. The van der Waals surface area contributed by atoms with Gasteiger partial charge in [-0.3, -0.25) is 14.5 Å². The lowest BCUT2D eigenvalue weighted by Gasteiger charge is -2.47. The van der Waals surface area contributed by atoms with Crippen LogP contribution in [0, 0.1) is 5.82 Å². The Hall–Kier alpha value is -2.78. The van der Waals surface area contributed by atoms with Gasteiger partial charge in [-0.2, -0.15) is 4.31 Å². The molecule has 1 heterocycles. The standard InChI is InChI=1S/C24H28FN3O4S/c1-24(23(30)26-19-8-4-2-5-9-19)17-27(33(31,32)21-10-6-3-7-11-21)16-22(29)28(24)20-14-12-18(25)13-15-20/h3,6-7,10-15,19H,2,4-5,8-9,16-17H2,1H3,(H,26,30). The largest absolute Gasteiger partial charge is 0.351 e. The number of amides is 2. The molecule has 1 aliphatic carbocycles. The average Bonchev–Trinajstić information content (AvgIpc) is 2.81. The maximum absolute atomic E-state index is 13.6. The summed E-state index contributed by atoms with van der Waals surface area (Å²) < 4.78 is 41.2. The normalized spacial score (nSPS) is 22.8. The molecule has 33 heavy (non-hydrogen) atoms. The first-order chi connectivity index (χ1) is 15.7. The zero-order valence-electron chi connectivity index (χ0n) is 18.5. The van der Waals surface area contributed by atoms with Crippen molar-refractivity contribution < 1.29 is 22.4 Å². The van der Waals surface area contributed by atoms with Gasteiger partial charge in [-0.15, -0.1) is 0 Å². The van der Waals surface area contributed by atoms with Crippen LogP contribution in [-0.2, 0) is 19.6 Å². The van der Waals surface area contributed by atoms with Gasteiger partial charge in [-0.25, -0.2) is 12.8 Å². The minimum Gasteiger partial charge on any atom is -0.351 e. The monoisotopic (exact) mass is 473 g/mol. The molecule has 1 atom stereocenters. The number of anilines is 1. The van der Waals surface area contributed by atoms with Gasteiger partial charge in [0.25, 0.3) is 0 Å². The van der Waals surface area contributed by atoms with E-state index in [4.69, 9.17) is 0 Å². The first-order valence-corrected chi connectivity index (χ1v) is 12.6. The second-order valence-corrected chi connectivity index (χ2v) is 10.8. The van der Waals surface area contributed by atoms with Crippen molar-refractivity contribution >= 4 is 27.5 Å². The zero-order chi connectivity index (χ0) is 23.6. The summed E-state index contributed by atoms with van der Waals surface area (Å²) in [6.45, 7) is 0.936. The van der Waals surface area contributed by atoms with E-state index in [1.54, 1.807) is 25.1 Å². The lowest BCUT2D eigenvalue weighted by molar-refractivity contribution is -0.133. The minimum atomic E-state index is -4.00. The summed E-state index contributed by atoms with van der Waals surface area (Å²) >= 11 is 0. The molecule has 1 N–H and O–H groups in total. The van der Waals surface area contributed by atoms with Gasteiger partial charge >= 0.3 is 0 Å². The molecular weight excluding hydrogens is 445 g/mol. The van der Waals surface area contributed by atoms with E-state index in [-0.39, 0.29) is 17.5 Å². The highest BCUT2D eigenvalue weighted by molar-refractivity contribution is 7.89. The molecule has 2 aromatic rings. The van der Waals surface area contributed by atoms with Crippen LogP contribution in [0.3, 0.4) is 0 Å². The quantitative estimate of drug-likeness (QED) is 0.723. The Bertz CT molecular complexity index is 1120. The van der Waals surface area contributed by atoms with Crippen molar-refractivity contribution in [1.82, 2.24) is 9.62 Å². The van der Waals surface area contributed by atoms with Gasteiger partial charge in [-0.05, 0) is 56.2 Å². The van der Waals surface area contributed by atoms with Crippen molar-refractivity contribution in [2.75, 3.05) is 18.0 Å². The number of carbonyl (C=O) groups excluding carboxylic acids is 2. The van der Waals surface area contributed by atoms with E-state index in [0.717, 1.165) is 36.4 Å². The summed E-state index contributed by atoms with van der Waals surface area (Å²) in [7, 11) is -4.00. The van der Waals surface area contributed by atoms with Crippen LogP contribution in [-0.4, -0.2) is 49.2 Å². The second kappa shape index (κ2) is 9.23. The summed E-state index contributed by atoms with van der Waals surface area (Å²) in [6.07, 6.45) is 4.83. The van der Waals surface area contributed by atoms with E-state index < -0.39 is 39.7 Å². The maximum atomic E-state index is 13.6. The molecule has 1 unspecified atom stereocenters. The Balaban J connectivity index is 1.71. The molecule has 9 heteroatoms. The number of rotatable bonds is 5. The molecule has 0 spiro atoms. The highest BCUT2D eigenvalue weighted by Crippen LogP contribution is 2.33. The highest BCUT2D eigenvalue weighted by atomic mass is 32.2. The van der Waals surface area contributed by atoms with E-state index in [0.29, 0.717) is 5.69 Å². The fraction of sp³-hybridized carbons (Fsp3) is 0.417. The van der Waals surface area contributed by atoms with Crippen LogP contribution in [0.1, 0.15) is 39.0 Å². The van der Waals surface area contributed by atoms with Crippen LogP contribution in [0.15, 0.2) is 59.5 Å². The van der Waals surface area contributed by atoms with Crippen molar-refractivity contribution in [3.8, 4) is 0 Å². The molecule has 0 radical (unpaired) electrons. The number of nitrogens with one attached hydrogen (secondary N) is 1. The summed E-state index contributed by atoms with van der Waals surface area (Å²) in [4.78, 5) is 28.3. The van der Waals surface area contributed by atoms with Gasteiger partial charge < -0.3 is 5.32 Å². The topological polar surface area (TPSA) is 86.8 Å². The molecule has 1 aliphatic heterocycles. The number of sulfonamides is 1. The molecule has 2 aliphatic rings. The number of benzene rings is 2. The molecular formula is C24H28FN3O4S. The number of piperazine rings is 1. The lowest BCUT2D eigenvalue weighted by Crippen LogP contribution is -2.70. The Morgan fingerprint density at radius 2 is 1.67 bits per heavy atom. The molecule has 2 fully saturated rings. The molecule has 0 aromatic heterocycles. The molecule has 7 nitrogen and oxygen atoms in total. The average molecular weight is 474 g/mol. The number of hydrogen-bond acceptors (Lipinski definition) is 4. The molecule has 176 valence electrons. The summed E-state index contributed by atoms with van der Waals surface area (Å²) in [5.41, 5.74) is -1.16. The van der Waals surface area contributed by atoms with E-state index in [2.05, 4.69) is 5.32 Å². The van der Waals surface area contributed by atoms with E-state index in [9.17, 15) is 22.4 Å². The number of carbonyl (C=O) groups is 2. The fourth-order valence-corrected chi connectivity index (χ4v) is 6.16. The van der Waals surface area contributed by atoms with Gasteiger partial charge in [0.05, 0.1) is 11.4 Å². The molecule has 2 amide bonds. The van der Waals surface area contributed by atoms with Crippen LogP contribution in [0.4, 0.5) is 10.1 Å². The lowest BCUT2D eigenvalue weighted by atomic mass is 9.91. The predicted molar refractivity (Wildman–Crippen MR) is 123 cm³/mol. The van der Waals surface area contributed by atoms with Gasteiger partial charge in [0.1, 0.15) is 11.4 Å². The van der Waals surface area contributed by atoms with E-state index >= 15 is 0 Å². The fourth-order valence-electron chi connectivity index (χ4n) is 4.66. The van der Waals surface area contributed by atoms with Gasteiger partial charge in [0, 0.05) is 18.3 Å². The molecule has 0 bridgehead atoms. The molecule has 4 rings (SSSR count). The smallest absolute Gasteiger partial charge is 0.247 e. The van der Waals surface area contributed by atoms with Crippen LogP contribution >= 0.6 is 0 Å².